The van der Waals surface area contributed by atoms with Crippen LogP contribution in [0.2, 0.25) is 0 Å². The molecule has 0 saturated carbocycles. The summed E-state index contributed by atoms with van der Waals surface area (Å²) in [6.45, 7) is 4.28. The minimum absolute atomic E-state index is 0.0913. The van der Waals surface area contributed by atoms with Crippen molar-refractivity contribution in [2.24, 2.45) is 0 Å². The Kier molecular flexibility index (Phi) is 3.06. The molecule has 1 saturated heterocycles. The van der Waals surface area contributed by atoms with E-state index in [4.69, 9.17) is 0 Å². The van der Waals surface area contributed by atoms with E-state index in [0.29, 0.717) is 6.42 Å². The molecule has 0 bridgehead atoms. The molecule has 3 heteroatoms. The molecule has 1 aromatic rings. The average molecular weight is 282 g/mol. The van der Waals surface area contributed by atoms with Crippen LogP contribution in [-0.4, -0.2) is 11.9 Å². The normalized spacial score (nSPS) is 29.2. The molecule has 2 unspecified atom stereocenters. The van der Waals surface area contributed by atoms with Gasteiger partial charge in [-0.3, -0.25) is 4.79 Å². The zero-order chi connectivity index (χ0) is 11.8. The summed E-state index contributed by atoms with van der Waals surface area (Å²) in [6.07, 6.45) is 1.54. The van der Waals surface area contributed by atoms with Crippen molar-refractivity contribution in [3.8, 4) is 0 Å². The smallest absolute Gasteiger partial charge is 0.221 e. The quantitative estimate of drug-likeness (QED) is 0.887. The molecule has 1 amide bonds. The predicted octanol–water partition coefficient (Wildman–Crippen LogP) is 3.01. The minimum atomic E-state index is -0.0913. The largest absolute Gasteiger partial charge is 0.352 e. The number of halogens is 1. The highest BCUT2D eigenvalue weighted by atomic mass is 79.9. The van der Waals surface area contributed by atoms with E-state index in [-0.39, 0.29) is 17.4 Å². The molecule has 1 aromatic carbocycles. The van der Waals surface area contributed by atoms with Crippen molar-refractivity contribution in [2.45, 2.75) is 38.1 Å². The van der Waals surface area contributed by atoms with E-state index >= 15 is 0 Å². The fraction of sp³-hybridized carbons (Fsp3) is 0.462. The van der Waals surface area contributed by atoms with Crippen LogP contribution >= 0.6 is 15.9 Å². The lowest BCUT2D eigenvalue weighted by atomic mass is 9.75. The molecule has 2 nitrogen and oxygen atoms in total. The Labute approximate surface area is 105 Å². The Morgan fingerprint density at radius 3 is 2.81 bits per heavy atom. The van der Waals surface area contributed by atoms with Gasteiger partial charge in [0.25, 0.3) is 0 Å². The second-order valence-corrected chi connectivity index (χ2v) is 5.46. The first-order chi connectivity index (χ1) is 7.58. The highest BCUT2D eigenvalue weighted by Crippen LogP contribution is 2.40. The molecule has 1 heterocycles. The Morgan fingerprint density at radius 1 is 1.50 bits per heavy atom. The molecule has 0 aromatic heterocycles. The SMILES string of the molecule is CCC1NC(=O)CC1(C)c1ccccc1Br. The van der Waals surface area contributed by atoms with Crippen molar-refractivity contribution in [3.63, 3.8) is 0 Å². The Bertz CT molecular complexity index is 418. The van der Waals surface area contributed by atoms with E-state index in [1.165, 1.54) is 5.56 Å². The third kappa shape index (κ3) is 1.77. The molecule has 2 rings (SSSR count). The van der Waals surface area contributed by atoms with Gasteiger partial charge in [-0.15, -0.1) is 0 Å². The van der Waals surface area contributed by atoms with Gasteiger partial charge in [-0.05, 0) is 18.1 Å². The number of carbonyl (C=O) groups excluding carboxylic acids is 1. The summed E-state index contributed by atoms with van der Waals surface area (Å²) >= 11 is 3.58. The highest BCUT2D eigenvalue weighted by molar-refractivity contribution is 9.10. The summed E-state index contributed by atoms with van der Waals surface area (Å²) in [5.74, 6) is 0.158. The van der Waals surface area contributed by atoms with Gasteiger partial charge in [-0.2, -0.15) is 0 Å². The van der Waals surface area contributed by atoms with Crippen LogP contribution in [0.1, 0.15) is 32.3 Å². The van der Waals surface area contributed by atoms with Crippen LogP contribution in [0.4, 0.5) is 0 Å². The monoisotopic (exact) mass is 281 g/mol. The molecule has 1 aliphatic heterocycles. The summed E-state index contributed by atoms with van der Waals surface area (Å²) < 4.78 is 1.09. The van der Waals surface area contributed by atoms with Crippen molar-refractivity contribution in [1.82, 2.24) is 5.32 Å². The molecule has 1 fully saturated rings. The summed E-state index contributed by atoms with van der Waals surface area (Å²) in [5, 5.41) is 3.06. The van der Waals surface area contributed by atoms with Crippen molar-refractivity contribution >= 4 is 21.8 Å². The first kappa shape index (κ1) is 11.6. The van der Waals surface area contributed by atoms with E-state index in [2.05, 4.69) is 41.2 Å². The first-order valence-corrected chi connectivity index (χ1v) is 6.41. The number of hydrogen-bond donors (Lipinski definition) is 1. The van der Waals surface area contributed by atoms with Crippen molar-refractivity contribution in [2.75, 3.05) is 0 Å². The molecule has 0 aliphatic carbocycles. The van der Waals surface area contributed by atoms with Crippen LogP contribution in [0.5, 0.6) is 0 Å². The number of nitrogens with one attached hydrogen (secondary N) is 1. The molecule has 1 N–H and O–H groups in total. The van der Waals surface area contributed by atoms with Gasteiger partial charge in [0.15, 0.2) is 0 Å². The van der Waals surface area contributed by atoms with Crippen molar-refractivity contribution in [1.29, 1.82) is 0 Å². The third-order valence-corrected chi connectivity index (χ3v) is 4.22. The number of amides is 1. The second kappa shape index (κ2) is 4.21. The molecule has 86 valence electrons. The summed E-state index contributed by atoms with van der Waals surface area (Å²) in [5.41, 5.74) is 1.13. The van der Waals surface area contributed by atoms with E-state index in [0.717, 1.165) is 10.9 Å². The fourth-order valence-corrected chi connectivity index (χ4v) is 3.36. The lowest BCUT2D eigenvalue weighted by molar-refractivity contribution is -0.119. The predicted molar refractivity (Wildman–Crippen MR) is 68.3 cm³/mol. The number of benzene rings is 1. The standard InChI is InChI=1S/C13H16BrNO/c1-3-11-13(2,8-12(16)15-11)9-6-4-5-7-10(9)14/h4-7,11H,3,8H2,1-2H3,(H,15,16). The zero-order valence-electron chi connectivity index (χ0n) is 9.59. The van der Waals surface area contributed by atoms with Gasteiger partial charge in [0.1, 0.15) is 0 Å². The van der Waals surface area contributed by atoms with Gasteiger partial charge < -0.3 is 5.32 Å². The van der Waals surface area contributed by atoms with E-state index < -0.39 is 0 Å². The van der Waals surface area contributed by atoms with Crippen LogP contribution in [-0.2, 0) is 10.2 Å². The van der Waals surface area contributed by atoms with Gasteiger partial charge in [0.2, 0.25) is 5.91 Å². The van der Waals surface area contributed by atoms with Crippen LogP contribution < -0.4 is 5.32 Å². The van der Waals surface area contributed by atoms with Crippen LogP contribution in [0.25, 0.3) is 0 Å². The van der Waals surface area contributed by atoms with Gasteiger partial charge in [-0.25, -0.2) is 0 Å². The van der Waals surface area contributed by atoms with Crippen molar-refractivity contribution in [3.05, 3.63) is 34.3 Å². The summed E-state index contributed by atoms with van der Waals surface area (Å²) in [7, 11) is 0. The molecular formula is C13H16BrNO. The molecule has 1 aliphatic rings. The first-order valence-electron chi connectivity index (χ1n) is 5.62. The maximum atomic E-state index is 11.6. The Balaban J connectivity index is 2.45. The lowest BCUT2D eigenvalue weighted by Crippen LogP contribution is -2.37. The highest BCUT2D eigenvalue weighted by Gasteiger charge is 2.44. The molecule has 0 spiro atoms. The second-order valence-electron chi connectivity index (χ2n) is 4.60. The number of rotatable bonds is 2. The van der Waals surface area contributed by atoms with Crippen LogP contribution in [0.3, 0.4) is 0 Å². The van der Waals surface area contributed by atoms with E-state index in [1.54, 1.807) is 0 Å². The molecule has 16 heavy (non-hydrogen) atoms. The summed E-state index contributed by atoms with van der Waals surface area (Å²) in [6, 6.07) is 8.41. The number of hydrogen-bond acceptors (Lipinski definition) is 1. The van der Waals surface area contributed by atoms with Gasteiger partial charge in [0.05, 0.1) is 0 Å². The number of carbonyl (C=O) groups is 1. The van der Waals surface area contributed by atoms with Gasteiger partial charge >= 0.3 is 0 Å². The van der Waals surface area contributed by atoms with Gasteiger partial charge in [-0.1, -0.05) is 48.0 Å². The zero-order valence-corrected chi connectivity index (χ0v) is 11.2. The maximum Gasteiger partial charge on any atom is 0.221 e. The van der Waals surface area contributed by atoms with Crippen LogP contribution in [0, 0.1) is 0 Å². The lowest BCUT2D eigenvalue weighted by Gasteiger charge is -2.30. The van der Waals surface area contributed by atoms with E-state index in [1.807, 2.05) is 18.2 Å². The molecule has 2 atom stereocenters. The molecular weight excluding hydrogens is 266 g/mol. The Hall–Kier alpha value is -0.830. The maximum absolute atomic E-state index is 11.6. The summed E-state index contributed by atoms with van der Waals surface area (Å²) in [4.78, 5) is 11.6. The molecule has 0 radical (unpaired) electrons. The minimum Gasteiger partial charge on any atom is -0.352 e. The Morgan fingerprint density at radius 2 is 2.19 bits per heavy atom. The fourth-order valence-electron chi connectivity index (χ4n) is 2.62. The van der Waals surface area contributed by atoms with E-state index in [9.17, 15) is 4.79 Å². The topological polar surface area (TPSA) is 29.1 Å². The van der Waals surface area contributed by atoms with Crippen LogP contribution in [0.15, 0.2) is 28.7 Å². The van der Waals surface area contributed by atoms with Gasteiger partial charge in [0, 0.05) is 22.4 Å². The third-order valence-electron chi connectivity index (χ3n) is 3.53. The average Bonchev–Trinajstić information content (AvgIpc) is 2.55. The van der Waals surface area contributed by atoms with Crippen molar-refractivity contribution < 1.29 is 4.79 Å².